The molecule has 0 saturated carbocycles. The van der Waals surface area contributed by atoms with Gasteiger partial charge in [0.15, 0.2) is 0 Å². The molecule has 1 saturated heterocycles. The van der Waals surface area contributed by atoms with Crippen LogP contribution in [-0.4, -0.2) is 36.1 Å². The van der Waals surface area contributed by atoms with E-state index in [0.717, 1.165) is 48.6 Å². The molecule has 0 unspecified atom stereocenters. The normalized spacial score (nSPS) is 15.9. The smallest absolute Gasteiger partial charge is 0.261 e. The third-order valence-electron chi connectivity index (χ3n) is 5.13. The van der Waals surface area contributed by atoms with Crippen LogP contribution in [0.15, 0.2) is 34.4 Å². The first-order valence-corrected chi connectivity index (χ1v) is 10.4. The quantitative estimate of drug-likeness (QED) is 0.709. The standard InChI is InChI=1S/C21H26N4OS/c1-21(2,3)15-7-5-14(6-8-15)16-13-27-19-17(16)18(26)23-20(24-19)25-11-4-9-22-10-12-25/h5-8,13,22H,4,9-12H2,1-3H3,(H,23,24,26). The predicted molar refractivity (Wildman–Crippen MR) is 114 cm³/mol. The van der Waals surface area contributed by atoms with Gasteiger partial charge in [-0.3, -0.25) is 9.78 Å². The monoisotopic (exact) mass is 382 g/mol. The highest BCUT2D eigenvalue weighted by atomic mass is 32.1. The van der Waals surface area contributed by atoms with E-state index in [4.69, 9.17) is 4.98 Å². The van der Waals surface area contributed by atoms with Gasteiger partial charge in [-0.25, -0.2) is 4.98 Å². The van der Waals surface area contributed by atoms with E-state index in [2.05, 4.69) is 60.2 Å². The third kappa shape index (κ3) is 3.64. The summed E-state index contributed by atoms with van der Waals surface area (Å²) in [6, 6.07) is 8.52. The molecule has 3 heterocycles. The van der Waals surface area contributed by atoms with E-state index in [1.165, 1.54) is 5.56 Å². The number of nitrogens with one attached hydrogen (secondary N) is 2. The fourth-order valence-electron chi connectivity index (χ4n) is 3.51. The lowest BCUT2D eigenvalue weighted by Crippen LogP contribution is -2.31. The Morgan fingerprint density at radius 3 is 2.63 bits per heavy atom. The van der Waals surface area contributed by atoms with Crippen LogP contribution in [-0.2, 0) is 5.41 Å². The second kappa shape index (κ2) is 7.09. The maximum absolute atomic E-state index is 12.9. The van der Waals surface area contributed by atoms with E-state index in [-0.39, 0.29) is 11.0 Å². The number of hydrogen-bond donors (Lipinski definition) is 2. The molecule has 1 aromatic carbocycles. The molecule has 1 aliphatic rings. The van der Waals surface area contributed by atoms with Crippen molar-refractivity contribution < 1.29 is 0 Å². The first-order valence-electron chi connectivity index (χ1n) is 9.51. The summed E-state index contributed by atoms with van der Waals surface area (Å²) >= 11 is 1.54. The van der Waals surface area contributed by atoms with Crippen LogP contribution < -0.4 is 15.8 Å². The molecule has 3 aromatic rings. The minimum absolute atomic E-state index is 0.0524. The minimum atomic E-state index is -0.0524. The molecular formula is C21H26N4OS. The van der Waals surface area contributed by atoms with Gasteiger partial charge in [0, 0.05) is 30.6 Å². The van der Waals surface area contributed by atoms with Crippen LogP contribution in [0.3, 0.4) is 0 Å². The Kier molecular flexibility index (Phi) is 4.78. The Hall–Kier alpha value is -2.18. The van der Waals surface area contributed by atoms with Crippen LogP contribution in [0, 0.1) is 0 Å². The van der Waals surface area contributed by atoms with Gasteiger partial charge in [-0.15, -0.1) is 11.3 Å². The number of anilines is 1. The van der Waals surface area contributed by atoms with Crippen molar-refractivity contribution in [3.8, 4) is 11.1 Å². The third-order valence-corrected chi connectivity index (χ3v) is 6.01. The topological polar surface area (TPSA) is 61.0 Å². The minimum Gasteiger partial charge on any atom is -0.341 e. The van der Waals surface area contributed by atoms with Gasteiger partial charge in [-0.1, -0.05) is 45.0 Å². The van der Waals surface area contributed by atoms with Crippen LogP contribution in [0.25, 0.3) is 21.3 Å². The van der Waals surface area contributed by atoms with Crippen LogP contribution >= 0.6 is 11.3 Å². The van der Waals surface area contributed by atoms with Crippen molar-refractivity contribution in [1.29, 1.82) is 0 Å². The van der Waals surface area contributed by atoms with Gasteiger partial charge < -0.3 is 10.2 Å². The number of H-pyrrole nitrogens is 1. The summed E-state index contributed by atoms with van der Waals surface area (Å²) < 4.78 is 0. The van der Waals surface area contributed by atoms with Gasteiger partial charge in [0.2, 0.25) is 5.95 Å². The van der Waals surface area contributed by atoms with Crippen molar-refractivity contribution in [2.24, 2.45) is 0 Å². The fourth-order valence-corrected chi connectivity index (χ4v) is 4.45. The number of nitrogens with zero attached hydrogens (tertiary/aromatic N) is 2. The van der Waals surface area contributed by atoms with E-state index >= 15 is 0 Å². The second-order valence-electron chi connectivity index (χ2n) is 8.14. The fraction of sp³-hybridized carbons (Fsp3) is 0.429. The van der Waals surface area contributed by atoms with Crippen LogP contribution in [0.5, 0.6) is 0 Å². The molecule has 0 aliphatic carbocycles. The molecule has 0 atom stereocenters. The number of aromatic amines is 1. The zero-order chi connectivity index (χ0) is 19.0. The summed E-state index contributed by atoms with van der Waals surface area (Å²) in [5.41, 5.74) is 3.38. The maximum Gasteiger partial charge on any atom is 0.261 e. The van der Waals surface area contributed by atoms with E-state index in [9.17, 15) is 4.79 Å². The van der Waals surface area contributed by atoms with Crippen molar-refractivity contribution in [1.82, 2.24) is 15.3 Å². The van der Waals surface area contributed by atoms with Gasteiger partial charge in [-0.05, 0) is 29.5 Å². The average Bonchev–Trinajstić information content (AvgIpc) is 2.88. The Morgan fingerprint density at radius 2 is 1.89 bits per heavy atom. The number of rotatable bonds is 2. The molecule has 27 heavy (non-hydrogen) atoms. The van der Waals surface area contributed by atoms with Gasteiger partial charge in [0.1, 0.15) is 4.83 Å². The van der Waals surface area contributed by atoms with Gasteiger partial charge in [-0.2, -0.15) is 0 Å². The molecule has 0 amide bonds. The summed E-state index contributed by atoms with van der Waals surface area (Å²) in [5.74, 6) is 0.688. The van der Waals surface area contributed by atoms with Crippen molar-refractivity contribution in [2.75, 3.05) is 31.1 Å². The summed E-state index contributed by atoms with van der Waals surface area (Å²) in [5, 5.41) is 6.12. The highest BCUT2D eigenvalue weighted by Crippen LogP contribution is 2.33. The molecule has 5 nitrogen and oxygen atoms in total. The Bertz CT molecular complexity index is 990. The lowest BCUT2D eigenvalue weighted by molar-refractivity contribution is 0.590. The highest BCUT2D eigenvalue weighted by Gasteiger charge is 2.18. The van der Waals surface area contributed by atoms with Crippen molar-refractivity contribution >= 4 is 27.5 Å². The Morgan fingerprint density at radius 1 is 1.11 bits per heavy atom. The molecule has 0 spiro atoms. The first-order chi connectivity index (χ1) is 12.9. The molecule has 1 fully saturated rings. The molecule has 142 valence electrons. The molecule has 0 radical (unpaired) electrons. The van der Waals surface area contributed by atoms with E-state index in [1.807, 2.05) is 5.38 Å². The summed E-state index contributed by atoms with van der Waals surface area (Å²) in [4.78, 5) is 23.6. The second-order valence-corrected chi connectivity index (χ2v) is 9.00. The van der Waals surface area contributed by atoms with Crippen molar-refractivity contribution in [3.05, 3.63) is 45.6 Å². The Balaban J connectivity index is 1.72. The maximum atomic E-state index is 12.9. The molecule has 4 rings (SSSR count). The number of aromatic nitrogens is 2. The van der Waals surface area contributed by atoms with Crippen molar-refractivity contribution in [3.63, 3.8) is 0 Å². The lowest BCUT2D eigenvalue weighted by Gasteiger charge is -2.20. The zero-order valence-corrected chi connectivity index (χ0v) is 16.9. The molecule has 2 N–H and O–H groups in total. The van der Waals surface area contributed by atoms with Crippen molar-refractivity contribution in [2.45, 2.75) is 32.6 Å². The lowest BCUT2D eigenvalue weighted by atomic mass is 9.86. The first kappa shape index (κ1) is 18.2. The molecule has 1 aliphatic heterocycles. The van der Waals surface area contributed by atoms with E-state index in [1.54, 1.807) is 11.3 Å². The predicted octanol–water partition coefficient (Wildman–Crippen LogP) is 3.75. The Labute approximate surface area is 163 Å². The van der Waals surface area contributed by atoms with Crippen LogP contribution in [0.1, 0.15) is 32.8 Å². The number of benzene rings is 1. The van der Waals surface area contributed by atoms with E-state index < -0.39 is 0 Å². The summed E-state index contributed by atoms with van der Waals surface area (Å²) in [7, 11) is 0. The molecule has 6 heteroatoms. The number of thiophene rings is 1. The number of fused-ring (bicyclic) bond motifs is 1. The average molecular weight is 383 g/mol. The summed E-state index contributed by atoms with van der Waals surface area (Å²) in [6.45, 7) is 10.3. The zero-order valence-electron chi connectivity index (χ0n) is 16.1. The van der Waals surface area contributed by atoms with Gasteiger partial charge >= 0.3 is 0 Å². The number of hydrogen-bond acceptors (Lipinski definition) is 5. The summed E-state index contributed by atoms with van der Waals surface area (Å²) in [6.07, 6.45) is 1.05. The van der Waals surface area contributed by atoms with Crippen LogP contribution in [0.2, 0.25) is 0 Å². The van der Waals surface area contributed by atoms with Gasteiger partial charge in [0.05, 0.1) is 5.39 Å². The van der Waals surface area contributed by atoms with E-state index in [0.29, 0.717) is 11.3 Å². The molecule has 0 bridgehead atoms. The molecular weight excluding hydrogens is 356 g/mol. The molecule has 2 aromatic heterocycles. The SMILES string of the molecule is CC(C)(C)c1ccc(-c2csc3nc(N4CCCNCC4)[nH]c(=O)c23)cc1. The van der Waals surface area contributed by atoms with Crippen LogP contribution in [0.4, 0.5) is 5.95 Å². The largest absolute Gasteiger partial charge is 0.341 e. The highest BCUT2D eigenvalue weighted by molar-refractivity contribution is 7.17. The van der Waals surface area contributed by atoms with Gasteiger partial charge in [0.25, 0.3) is 5.56 Å².